The number of ether oxygens (including phenoxy) is 2. The number of fused-ring (bicyclic) bond motifs is 1. The van der Waals surface area contributed by atoms with Crippen LogP contribution in [0.1, 0.15) is 17.0 Å². The second-order valence-electron chi connectivity index (χ2n) is 6.87. The molecule has 8 nitrogen and oxygen atoms in total. The summed E-state index contributed by atoms with van der Waals surface area (Å²) in [5, 5.41) is 16.3. The van der Waals surface area contributed by atoms with E-state index in [1.165, 1.54) is 11.3 Å². The third kappa shape index (κ3) is 3.97. The number of carbonyl (C=O) groups is 1. The standard InChI is InChI=1S/C21H21N5O3S/c1-12-5-7-17(13(2)9-12)29-11-19(27)22-16-10-15(6-8-18(16)28-4)20-25-26-14(3)23-24-21(26)30-20/h5-10H,11H2,1-4H3,(H,22,27). The zero-order valence-corrected chi connectivity index (χ0v) is 17.9. The monoisotopic (exact) mass is 423 g/mol. The molecule has 0 spiro atoms. The second kappa shape index (κ2) is 8.11. The van der Waals surface area contributed by atoms with Gasteiger partial charge in [0.2, 0.25) is 4.96 Å². The van der Waals surface area contributed by atoms with Gasteiger partial charge in [-0.15, -0.1) is 10.2 Å². The van der Waals surface area contributed by atoms with Gasteiger partial charge in [-0.3, -0.25) is 4.79 Å². The molecule has 0 saturated heterocycles. The fraction of sp³-hybridized carbons (Fsp3) is 0.238. The van der Waals surface area contributed by atoms with E-state index in [4.69, 9.17) is 9.47 Å². The van der Waals surface area contributed by atoms with E-state index in [0.29, 0.717) is 22.1 Å². The predicted molar refractivity (Wildman–Crippen MR) is 115 cm³/mol. The zero-order chi connectivity index (χ0) is 21.3. The summed E-state index contributed by atoms with van der Waals surface area (Å²) in [5.41, 5.74) is 3.52. The van der Waals surface area contributed by atoms with E-state index in [9.17, 15) is 4.79 Å². The largest absolute Gasteiger partial charge is 0.495 e. The number of hydrogen-bond donors (Lipinski definition) is 1. The summed E-state index contributed by atoms with van der Waals surface area (Å²) in [6.45, 7) is 5.71. The number of aryl methyl sites for hydroxylation is 3. The van der Waals surface area contributed by atoms with Crippen LogP contribution < -0.4 is 14.8 Å². The molecule has 0 aliphatic rings. The van der Waals surface area contributed by atoms with Gasteiger partial charge >= 0.3 is 0 Å². The molecule has 0 bridgehead atoms. The normalized spacial score (nSPS) is 10.9. The van der Waals surface area contributed by atoms with E-state index in [2.05, 4.69) is 20.6 Å². The lowest BCUT2D eigenvalue weighted by atomic mass is 10.1. The van der Waals surface area contributed by atoms with Crippen LogP contribution in [0.5, 0.6) is 11.5 Å². The van der Waals surface area contributed by atoms with Crippen LogP contribution in [-0.2, 0) is 4.79 Å². The van der Waals surface area contributed by atoms with Gasteiger partial charge in [-0.05, 0) is 50.6 Å². The zero-order valence-electron chi connectivity index (χ0n) is 17.1. The molecule has 1 N–H and O–H groups in total. The first kappa shape index (κ1) is 19.8. The maximum Gasteiger partial charge on any atom is 0.262 e. The SMILES string of the molecule is COc1ccc(-c2nn3c(C)nnc3s2)cc1NC(=O)COc1ccc(C)cc1C. The molecular formula is C21H21N5O3S. The van der Waals surface area contributed by atoms with Crippen molar-refractivity contribution in [1.82, 2.24) is 19.8 Å². The molecule has 0 radical (unpaired) electrons. The number of nitrogens with one attached hydrogen (secondary N) is 1. The Labute approximate surface area is 177 Å². The molecule has 0 atom stereocenters. The Hall–Kier alpha value is -3.46. The Morgan fingerprint density at radius 1 is 1.10 bits per heavy atom. The molecule has 0 saturated carbocycles. The minimum atomic E-state index is -0.278. The summed E-state index contributed by atoms with van der Waals surface area (Å²) in [6.07, 6.45) is 0. The van der Waals surface area contributed by atoms with Crippen molar-refractivity contribution in [3.63, 3.8) is 0 Å². The first-order chi connectivity index (χ1) is 14.4. The van der Waals surface area contributed by atoms with E-state index < -0.39 is 0 Å². The highest BCUT2D eigenvalue weighted by Crippen LogP contribution is 2.32. The summed E-state index contributed by atoms with van der Waals surface area (Å²) in [6, 6.07) is 11.4. The third-order valence-electron chi connectivity index (χ3n) is 4.56. The molecule has 154 valence electrons. The number of aromatic nitrogens is 4. The van der Waals surface area contributed by atoms with Crippen molar-refractivity contribution in [2.75, 3.05) is 19.0 Å². The van der Waals surface area contributed by atoms with E-state index in [1.807, 2.05) is 51.1 Å². The van der Waals surface area contributed by atoms with Crippen molar-refractivity contribution in [3.8, 4) is 22.1 Å². The van der Waals surface area contributed by atoms with Crippen LogP contribution in [-0.4, -0.2) is 39.4 Å². The van der Waals surface area contributed by atoms with Crippen LogP contribution in [0.4, 0.5) is 5.69 Å². The number of amides is 1. The van der Waals surface area contributed by atoms with Crippen LogP contribution in [0.15, 0.2) is 36.4 Å². The average Bonchev–Trinajstić information content (AvgIpc) is 3.29. The molecule has 2 heterocycles. The highest BCUT2D eigenvalue weighted by atomic mass is 32.1. The van der Waals surface area contributed by atoms with Crippen LogP contribution in [0, 0.1) is 20.8 Å². The smallest absolute Gasteiger partial charge is 0.262 e. The lowest BCUT2D eigenvalue weighted by Crippen LogP contribution is -2.20. The summed E-state index contributed by atoms with van der Waals surface area (Å²) in [4.78, 5) is 13.2. The lowest BCUT2D eigenvalue weighted by Gasteiger charge is -2.13. The molecule has 0 aliphatic carbocycles. The van der Waals surface area contributed by atoms with Crippen LogP contribution in [0.2, 0.25) is 0 Å². The number of rotatable bonds is 6. The van der Waals surface area contributed by atoms with E-state index >= 15 is 0 Å². The van der Waals surface area contributed by atoms with Crippen molar-refractivity contribution in [2.24, 2.45) is 0 Å². The van der Waals surface area contributed by atoms with Crippen molar-refractivity contribution >= 4 is 27.9 Å². The maximum absolute atomic E-state index is 12.5. The minimum Gasteiger partial charge on any atom is -0.495 e. The summed E-state index contributed by atoms with van der Waals surface area (Å²) in [7, 11) is 1.56. The molecule has 4 aromatic rings. The number of benzene rings is 2. The fourth-order valence-electron chi connectivity index (χ4n) is 3.06. The predicted octanol–water partition coefficient (Wildman–Crippen LogP) is 3.80. The van der Waals surface area contributed by atoms with Gasteiger partial charge in [0, 0.05) is 5.56 Å². The Bertz CT molecular complexity index is 1230. The Balaban J connectivity index is 1.52. The molecule has 4 rings (SSSR count). The molecular weight excluding hydrogens is 402 g/mol. The number of nitrogens with zero attached hydrogens (tertiary/aromatic N) is 4. The van der Waals surface area contributed by atoms with Crippen molar-refractivity contribution in [1.29, 1.82) is 0 Å². The van der Waals surface area contributed by atoms with Crippen LogP contribution in [0.25, 0.3) is 15.5 Å². The highest BCUT2D eigenvalue weighted by molar-refractivity contribution is 7.19. The molecule has 2 aromatic carbocycles. The summed E-state index contributed by atoms with van der Waals surface area (Å²) < 4.78 is 12.8. The fourth-order valence-corrected chi connectivity index (χ4v) is 3.94. The quantitative estimate of drug-likeness (QED) is 0.507. The molecule has 0 unspecified atom stereocenters. The van der Waals surface area contributed by atoms with Gasteiger partial charge < -0.3 is 14.8 Å². The van der Waals surface area contributed by atoms with Crippen molar-refractivity contribution in [3.05, 3.63) is 53.3 Å². The Morgan fingerprint density at radius 3 is 2.63 bits per heavy atom. The van der Waals surface area contributed by atoms with Gasteiger partial charge in [0.25, 0.3) is 5.91 Å². The van der Waals surface area contributed by atoms with Crippen molar-refractivity contribution in [2.45, 2.75) is 20.8 Å². The lowest BCUT2D eigenvalue weighted by molar-refractivity contribution is -0.118. The number of anilines is 1. The average molecular weight is 423 g/mol. The van der Waals surface area contributed by atoms with Gasteiger partial charge in [-0.1, -0.05) is 29.0 Å². The first-order valence-electron chi connectivity index (χ1n) is 9.32. The number of methoxy groups -OCH3 is 1. The van der Waals surface area contributed by atoms with Crippen LogP contribution >= 0.6 is 11.3 Å². The number of hydrogen-bond acceptors (Lipinski definition) is 7. The van der Waals surface area contributed by atoms with E-state index in [0.717, 1.165) is 27.5 Å². The van der Waals surface area contributed by atoms with Gasteiger partial charge in [0.05, 0.1) is 12.8 Å². The van der Waals surface area contributed by atoms with E-state index in [-0.39, 0.29) is 12.5 Å². The summed E-state index contributed by atoms with van der Waals surface area (Å²) in [5.74, 6) is 1.68. The van der Waals surface area contributed by atoms with Gasteiger partial charge in [0.1, 0.15) is 16.5 Å². The number of carbonyl (C=O) groups excluding carboxylic acids is 1. The molecule has 0 aliphatic heterocycles. The van der Waals surface area contributed by atoms with Gasteiger partial charge in [-0.25, -0.2) is 0 Å². The van der Waals surface area contributed by atoms with Gasteiger partial charge in [0.15, 0.2) is 12.4 Å². The van der Waals surface area contributed by atoms with Crippen LogP contribution in [0.3, 0.4) is 0 Å². The van der Waals surface area contributed by atoms with E-state index in [1.54, 1.807) is 17.7 Å². The van der Waals surface area contributed by atoms with Crippen molar-refractivity contribution < 1.29 is 14.3 Å². The molecule has 0 fully saturated rings. The Morgan fingerprint density at radius 2 is 1.90 bits per heavy atom. The second-order valence-corrected chi connectivity index (χ2v) is 7.83. The summed E-state index contributed by atoms with van der Waals surface area (Å²) >= 11 is 1.42. The molecule has 1 amide bonds. The minimum absolute atomic E-state index is 0.104. The first-order valence-corrected chi connectivity index (χ1v) is 10.1. The maximum atomic E-state index is 12.5. The molecule has 30 heavy (non-hydrogen) atoms. The van der Waals surface area contributed by atoms with Gasteiger partial charge in [-0.2, -0.15) is 9.61 Å². The Kier molecular flexibility index (Phi) is 5.37. The highest BCUT2D eigenvalue weighted by Gasteiger charge is 2.15. The third-order valence-corrected chi connectivity index (χ3v) is 5.50. The topological polar surface area (TPSA) is 90.6 Å². The molecule has 9 heteroatoms. The molecule has 2 aromatic heterocycles.